The molecule has 272 valence electrons. The van der Waals surface area contributed by atoms with Crippen LogP contribution in [0.5, 0.6) is 5.88 Å². The van der Waals surface area contributed by atoms with Gasteiger partial charge in [0.05, 0.1) is 40.0 Å². The summed E-state index contributed by atoms with van der Waals surface area (Å²) in [6.45, 7) is 5.19. The van der Waals surface area contributed by atoms with E-state index in [4.69, 9.17) is 49.3 Å². The van der Waals surface area contributed by atoms with Crippen molar-refractivity contribution in [2.75, 3.05) is 13.7 Å². The Morgan fingerprint density at radius 2 is 1.69 bits per heavy atom. The Morgan fingerprint density at radius 3 is 2.31 bits per heavy atom. The van der Waals surface area contributed by atoms with E-state index in [9.17, 15) is 19.5 Å². The molecule has 0 unspecified atom stereocenters. The maximum absolute atomic E-state index is 13.3. The van der Waals surface area contributed by atoms with E-state index in [1.807, 2.05) is 30.3 Å². The fraction of sp³-hybridized carbons (Fsp3) is 0.324. The van der Waals surface area contributed by atoms with E-state index in [0.717, 1.165) is 0 Å². The third-order valence-corrected chi connectivity index (χ3v) is 9.85. The van der Waals surface area contributed by atoms with Crippen molar-refractivity contribution in [2.45, 2.75) is 58.4 Å². The molecule has 0 saturated carbocycles. The second-order valence-electron chi connectivity index (χ2n) is 13.5. The standard InChI is InChI=1S/C37H37Cl3N6O6/c1-37(2,3)52-36(50)45(17-21-12-13-31(48)41-21)18-26-27(38)15-28(42-34(26)51-5)25-11-7-10-24(33(25)40)23-9-6-8-22(32(23)39)20-14-29-35(49)44(4)30(19-47)43-46(29)16-20/h6-11,14-16,21,47H,12-13,17-19H2,1-5H3,(H,41,48)/t21-/m1/s1. The summed E-state index contributed by atoms with van der Waals surface area (Å²) in [6, 6.07) is 14.1. The Bertz CT molecular complexity index is 2260. The molecule has 5 aromatic rings. The molecule has 2 aromatic carbocycles. The van der Waals surface area contributed by atoms with Gasteiger partial charge in [0.2, 0.25) is 11.8 Å². The molecule has 6 rings (SSSR count). The highest BCUT2D eigenvalue weighted by atomic mass is 35.5. The quantitative estimate of drug-likeness (QED) is 0.165. The molecule has 52 heavy (non-hydrogen) atoms. The van der Waals surface area contributed by atoms with Crippen LogP contribution in [0.25, 0.3) is 39.0 Å². The molecule has 1 aliphatic rings. The van der Waals surface area contributed by atoms with Gasteiger partial charge in [-0.1, -0.05) is 71.2 Å². The minimum Gasteiger partial charge on any atom is -0.481 e. The molecule has 0 aliphatic carbocycles. The first-order valence-corrected chi connectivity index (χ1v) is 17.6. The van der Waals surface area contributed by atoms with Gasteiger partial charge in [0.15, 0.2) is 5.82 Å². The van der Waals surface area contributed by atoms with Crippen molar-refractivity contribution in [3.05, 3.63) is 91.5 Å². The Balaban J connectivity index is 1.35. The molecule has 2 amide bonds. The minimum atomic E-state index is -0.745. The van der Waals surface area contributed by atoms with E-state index >= 15 is 0 Å². The monoisotopic (exact) mass is 766 g/mol. The number of pyridine rings is 1. The number of nitrogens with zero attached hydrogens (tertiary/aromatic N) is 5. The number of aliphatic hydroxyl groups is 1. The fourth-order valence-electron chi connectivity index (χ4n) is 6.13. The summed E-state index contributed by atoms with van der Waals surface area (Å²) in [5.74, 6) is 0.349. The molecular formula is C37H37Cl3N6O6. The Kier molecular flexibility index (Phi) is 10.6. The van der Waals surface area contributed by atoms with Gasteiger partial charge in [-0.25, -0.2) is 14.3 Å². The lowest BCUT2D eigenvalue weighted by Crippen LogP contribution is -2.43. The summed E-state index contributed by atoms with van der Waals surface area (Å²) in [7, 11) is 3.02. The van der Waals surface area contributed by atoms with E-state index in [1.165, 1.54) is 21.1 Å². The molecule has 1 fully saturated rings. The number of amides is 2. The number of hydrogen-bond acceptors (Lipinski definition) is 8. The van der Waals surface area contributed by atoms with Crippen molar-refractivity contribution < 1.29 is 24.2 Å². The number of benzene rings is 2. The number of nitrogens with one attached hydrogen (secondary N) is 1. The van der Waals surface area contributed by atoms with Crippen LogP contribution in [0.4, 0.5) is 4.79 Å². The lowest BCUT2D eigenvalue weighted by Gasteiger charge is -2.29. The summed E-state index contributed by atoms with van der Waals surface area (Å²) in [6.07, 6.45) is 2.10. The van der Waals surface area contributed by atoms with E-state index in [2.05, 4.69) is 10.4 Å². The molecule has 4 heterocycles. The molecule has 12 nitrogen and oxygen atoms in total. The number of hydrogen-bond donors (Lipinski definition) is 2. The molecule has 3 aromatic heterocycles. The first-order chi connectivity index (χ1) is 24.7. The number of halogens is 3. The molecule has 2 N–H and O–H groups in total. The second kappa shape index (κ2) is 14.8. The summed E-state index contributed by atoms with van der Waals surface area (Å²) in [5.41, 5.74) is 3.30. The van der Waals surface area contributed by atoms with Gasteiger partial charge in [0, 0.05) is 60.1 Å². The number of methoxy groups -OCH3 is 1. The molecule has 15 heteroatoms. The average molecular weight is 768 g/mol. The van der Waals surface area contributed by atoms with Crippen LogP contribution < -0.4 is 15.6 Å². The van der Waals surface area contributed by atoms with Crippen molar-refractivity contribution in [1.82, 2.24) is 29.4 Å². The predicted molar refractivity (Wildman–Crippen MR) is 200 cm³/mol. The highest BCUT2D eigenvalue weighted by Crippen LogP contribution is 2.43. The van der Waals surface area contributed by atoms with Gasteiger partial charge < -0.3 is 24.8 Å². The van der Waals surface area contributed by atoms with Gasteiger partial charge >= 0.3 is 6.09 Å². The number of rotatable bonds is 9. The minimum absolute atomic E-state index is 0.0185. The number of carbonyl (C=O) groups is 2. The topological polar surface area (TPSA) is 140 Å². The van der Waals surface area contributed by atoms with Gasteiger partial charge in [-0.15, -0.1) is 0 Å². The molecule has 1 aliphatic heterocycles. The zero-order valence-corrected chi connectivity index (χ0v) is 31.4. The Hall–Kier alpha value is -4.62. The van der Waals surface area contributed by atoms with Gasteiger partial charge in [0.1, 0.15) is 17.7 Å². The zero-order chi connectivity index (χ0) is 37.5. The normalized spacial score (nSPS) is 14.5. The van der Waals surface area contributed by atoms with Crippen LogP contribution in [-0.2, 0) is 29.7 Å². The summed E-state index contributed by atoms with van der Waals surface area (Å²) < 4.78 is 14.1. The number of carbonyl (C=O) groups excluding carboxylic acids is 2. The van der Waals surface area contributed by atoms with Gasteiger partial charge in [0.25, 0.3) is 5.56 Å². The van der Waals surface area contributed by atoms with Crippen LogP contribution in [0.2, 0.25) is 15.1 Å². The predicted octanol–water partition coefficient (Wildman–Crippen LogP) is 6.91. The van der Waals surface area contributed by atoms with Crippen molar-refractivity contribution in [3.8, 4) is 39.4 Å². The molecule has 0 bridgehead atoms. The van der Waals surface area contributed by atoms with Gasteiger partial charge in [-0.2, -0.15) is 5.10 Å². The molecule has 0 radical (unpaired) electrons. The van der Waals surface area contributed by atoms with Crippen LogP contribution >= 0.6 is 34.8 Å². The number of aliphatic hydroxyl groups excluding tert-OH is 1. The fourth-order valence-corrected chi connectivity index (χ4v) is 7.04. The third kappa shape index (κ3) is 7.47. The highest BCUT2D eigenvalue weighted by molar-refractivity contribution is 6.39. The van der Waals surface area contributed by atoms with E-state index < -0.39 is 11.7 Å². The van der Waals surface area contributed by atoms with Crippen LogP contribution in [0, 0.1) is 0 Å². The zero-order valence-electron chi connectivity index (χ0n) is 29.2. The first kappa shape index (κ1) is 37.1. The van der Waals surface area contributed by atoms with Crippen LogP contribution in [0.3, 0.4) is 0 Å². The highest BCUT2D eigenvalue weighted by Gasteiger charge is 2.30. The third-order valence-electron chi connectivity index (χ3n) is 8.70. The van der Waals surface area contributed by atoms with Crippen LogP contribution in [0.15, 0.2) is 59.5 Å². The lowest BCUT2D eigenvalue weighted by atomic mass is 9.97. The largest absolute Gasteiger partial charge is 0.481 e. The molecular weight excluding hydrogens is 731 g/mol. The molecule has 1 atom stereocenters. The van der Waals surface area contributed by atoms with E-state index in [0.29, 0.717) is 67.5 Å². The SMILES string of the molecule is COc1nc(-c2cccc(-c3cccc(-c4cc5c(=O)n(C)c(CO)nn5c4)c3Cl)c2Cl)cc(Cl)c1CN(C[C@H]1CCC(=O)N1)C(=O)OC(C)(C)C. The molecule has 1 saturated heterocycles. The van der Waals surface area contributed by atoms with Gasteiger partial charge in [-0.3, -0.25) is 14.2 Å². The lowest BCUT2D eigenvalue weighted by molar-refractivity contribution is -0.119. The molecule has 0 spiro atoms. The second-order valence-corrected chi connectivity index (χ2v) is 14.6. The van der Waals surface area contributed by atoms with Gasteiger partial charge in [-0.05, 0) is 39.3 Å². The smallest absolute Gasteiger partial charge is 0.410 e. The van der Waals surface area contributed by atoms with Crippen LogP contribution in [0.1, 0.15) is 45.0 Å². The first-order valence-electron chi connectivity index (χ1n) is 16.5. The maximum Gasteiger partial charge on any atom is 0.410 e. The summed E-state index contributed by atoms with van der Waals surface area (Å²) in [4.78, 5) is 44.4. The van der Waals surface area contributed by atoms with Crippen molar-refractivity contribution >= 4 is 52.3 Å². The number of fused-ring (bicyclic) bond motifs is 1. The van der Waals surface area contributed by atoms with Crippen molar-refractivity contribution in [2.24, 2.45) is 7.05 Å². The summed E-state index contributed by atoms with van der Waals surface area (Å²) in [5, 5.41) is 18.0. The van der Waals surface area contributed by atoms with Crippen LogP contribution in [-0.4, -0.2) is 66.5 Å². The number of aromatic nitrogens is 4. The maximum atomic E-state index is 13.3. The van der Waals surface area contributed by atoms with E-state index in [-0.39, 0.29) is 53.9 Å². The van der Waals surface area contributed by atoms with E-state index in [1.54, 1.807) is 52.2 Å². The average Bonchev–Trinajstić information content (AvgIpc) is 3.72. The Morgan fingerprint density at radius 1 is 1.04 bits per heavy atom. The van der Waals surface area contributed by atoms with Crippen molar-refractivity contribution in [1.29, 1.82) is 0 Å². The Labute approximate surface area is 314 Å². The summed E-state index contributed by atoms with van der Waals surface area (Å²) >= 11 is 21.0. The number of ether oxygens (including phenoxy) is 2. The van der Waals surface area contributed by atoms with Crippen molar-refractivity contribution in [3.63, 3.8) is 0 Å².